The Kier molecular flexibility index (Phi) is 5.08. The van der Waals surface area contributed by atoms with Gasteiger partial charge in [0.15, 0.2) is 0 Å². The molecule has 1 aliphatic heterocycles. The van der Waals surface area contributed by atoms with Crippen LogP contribution >= 0.6 is 0 Å². The molecular formula is C19H24N6O. The van der Waals surface area contributed by atoms with E-state index in [1.165, 1.54) is 5.56 Å². The Labute approximate surface area is 153 Å². The summed E-state index contributed by atoms with van der Waals surface area (Å²) in [5.41, 5.74) is 2.33. The average Bonchev–Trinajstić information content (AvgIpc) is 3.43. The smallest absolute Gasteiger partial charge is 0.142 e. The number of nitrogens with zero attached hydrogens (tertiary/aromatic N) is 5. The summed E-state index contributed by atoms with van der Waals surface area (Å²) in [6.07, 6.45) is 12.5. The van der Waals surface area contributed by atoms with E-state index in [1.54, 1.807) is 12.5 Å². The molecule has 26 heavy (non-hydrogen) atoms. The summed E-state index contributed by atoms with van der Waals surface area (Å²) >= 11 is 0. The summed E-state index contributed by atoms with van der Waals surface area (Å²) in [5, 5.41) is 7.97. The highest BCUT2D eigenvalue weighted by atomic mass is 16.5. The van der Waals surface area contributed by atoms with Gasteiger partial charge >= 0.3 is 0 Å². The van der Waals surface area contributed by atoms with Gasteiger partial charge in [-0.25, -0.2) is 9.97 Å². The van der Waals surface area contributed by atoms with E-state index in [9.17, 15) is 0 Å². The molecule has 4 heterocycles. The fourth-order valence-electron chi connectivity index (χ4n) is 3.49. The molecule has 1 fully saturated rings. The van der Waals surface area contributed by atoms with Crippen LogP contribution in [0.25, 0.3) is 5.82 Å². The third-order valence-corrected chi connectivity index (χ3v) is 4.86. The van der Waals surface area contributed by atoms with Gasteiger partial charge in [-0.05, 0) is 19.4 Å². The molecule has 3 aromatic heterocycles. The van der Waals surface area contributed by atoms with Gasteiger partial charge in [0, 0.05) is 68.1 Å². The van der Waals surface area contributed by atoms with E-state index in [2.05, 4.69) is 39.6 Å². The molecule has 0 radical (unpaired) electrons. The van der Waals surface area contributed by atoms with Gasteiger partial charge < -0.3 is 10.1 Å². The molecular weight excluding hydrogens is 328 g/mol. The maximum atomic E-state index is 5.98. The number of hydrogen-bond donors (Lipinski definition) is 1. The lowest BCUT2D eigenvalue weighted by Gasteiger charge is -2.18. The van der Waals surface area contributed by atoms with Crippen LogP contribution in [0, 0.1) is 5.92 Å². The Morgan fingerprint density at radius 2 is 2.31 bits per heavy atom. The van der Waals surface area contributed by atoms with Crippen molar-refractivity contribution in [1.29, 1.82) is 0 Å². The Hall–Kier alpha value is -2.51. The van der Waals surface area contributed by atoms with Gasteiger partial charge in [0.2, 0.25) is 0 Å². The molecule has 0 spiro atoms. The van der Waals surface area contributed by atoms with Gasteiger partial charge in [-0.3, -0.25) is 9.25 Å². The molecule has 0 unspecified atom stereocenters. The van der Waals surface area contributed by atoms with Crippen LogP contribution in [-0.2, 0) is 17.8 Å². The molecule has 1 aliphatic rings. The number of imidazole rings is 1. The van der Waals surface area contributed by atoms with E-state index in [0.29, 0.717) is 5.92 Å². The van der Waals surface area contributed by atoms with Gasteiger partial charge in [-0.1, -0.05) is 6.07 Å². The van der Waals surface area contributed by atoms with Crippen molar-refractivity contribution in [3.8, 4) is 5.82 Å². The van der Waals surface area contributed by atoms with E-state index >= 15 is 0 Å². The van der Waals surface area contributed by atoms with Gasteiger partial charge in [-0.2, -0.15) is 5.10 Å². The van der Waals surface area contributed by atoms with Crippen LogP contribution in [0.5, 0.6) is 0 Å². The lowest BCUT2D eigenvalue weighted by Crippen LogP contribution is -2.25. The molecule has 3 aromatic rings. The van der Waals surface area contributed by atoms with E-state index in [1.807, 2.05) is 33.9 Å². The Morgan fingerprint density at radius 1 is 1.35 bits per heavy atom. The number of hydrogen-bond acceptors (Lipinski definition) is 5. The minimum absolute atomic E-state index is 0.129. The van der Waals surface area contributed by atoms with Crippen LogP contribution < -0.4 is 5.32 Å². The summed E-state index contributed by atoms with van der Waals surface area (Å²) in [5.74, 6) is 1.37. The Morgan fingerprint density at radius 3 is 3.12 bits per heavy atom. The maximum Gasteiger partial charge on any atom is 0.142 e. The first-order valence-corrected chi connectivity index (χ1v) is 9.12. The second-order valence-electron chi connectivity index (χ2n) is 6.56. The van der Waals surface area contributed by atoms with Gasteiger partial charge in [0.25, 0.3) is 0 Å². The fraction of sp³-hybridized carbons (Fsp3) is 0.421. The van der Waals surface area contributed by atoms with Crippen molar-refractivity contribution in [3.05, 3.63) is 60.6 Å². The van der Waals surface area contributed by atoms with Crippen molar-refractivity contribution in [3.63, 3.8) is 0 Å². The first-order valence-electron chi connectivity index (χ1n) is 9.12. The normalized spacial score (nSPS) is 19.9. The first-order chi connectivity index (χ1) is 12.8. The summed E-state index contributed by atoms with van der Waals surface area (Å²) in [4.78, 5) is 8.61. The zero-order valence-corrected chi connectivity index (χ0v) is 15.0. The molecule has 0 saturated carbocycles. The third-order valence-electron chi connectivity index (χ3n) is 4.86. The van der Waals surface area contributed by atoms with E-state index < -0.39 is 0 Å². The molecule has 1 saturated heterocycles. The predicted molar refractivity (Wildman–Crippen MR) is 97.8 cm³/mol. The highest BCUT2D eigenvalue weighted by Crippen LogP contribution is 2.33. The van der Waals surface area contributed by atoms with Crippen molar-refractivity contribution in [2.45, 2.75) is 32.5 Å². The number of aryl methyl sites for hydroxylation is 1. The maximum absolute atomic E-state index is 5.98. The lowest BCUT2D eigenvalue weighted by atomic mass is 9.97. The van der Waals surface area contributed by atoms with Gasteiger partial charge in [0.05, 0.1) is 12.3 Å². The van der Waals surface area contributed by atoms with E-state index in [-0.39, 0.29) is 6.10 Å². The number of aromatic nitrogens is 5. The minimum Gasteiger partial charge on any atom is -0.373 e. The van der Waals surface area contributed by atoms with Crippen LogP contribution in [0.3, 0.4) is 0 Å². The fourth-order valence-corrected chi connectivity index (χ4v) is 3.49. The van der Waals surface area contributed by atoms with Crippen LogP contribution in [0.4, 0.5) is 0 Å². The zero-order chi connectivity index (χ0) is 17.8. The molecule has 7 heteroatoms. The molecule has 7 nitrogen and oxygen atoms in total. The lowest BCUT2D eigenvalue weighted by molar-refractivity contribution is 0.0904. The number of nitrogens with one attached hydrogen (secondary N) is 1. The first kappa shape index (κ1) is 16.9. The van der Waals surface area contributed by atoms with Crippen molar-refractivity contribution in [2.75, 3.05) is 13.2 Å². The molecule has 0 bridgehead atoms. The van der Waals surface area contributed by atoms with E-state index in [4.69, 9.17) is 4.74 Å². The monoisotopic (exact) mass is 352 g/mol. The third kappa shape index (κ3) is 3.54. The molecule has 0 aliphatic carbocycles. The Bertz CT molecular complexity index is 828. The standard InChI is InChI=1S/C19H24N6O/c1-2-25-13-17(12-23-25)18-15(5-9-26-18)10-21-11-16-4-3-6-22-19(16)24-8-7-20-14-24/h3-4,6-8,12-15,18,21H,2,5,9-11H2,1H3/t15-,18+/m1/s1. The summed E-state index contributed by atoms with van der Waals surface area (Å²) in [6.45, 7) is 5.45. The topological polar surface area (TPSA) is 69.8 Å². The molecule has 0 amide bonds. The summed E-state index contributed by atoms with van der Waals surface area (Å²) < 4.78 is 9.87. The second-order valence-corrected chi connectivity index (χ2v) is 6.56. The molecule has 136 valence electrons. The molecule has 2 atom stereocenters. The highest BCUT2D eigenvalue weighted by molar-refractivity contribution is 5.33. The van der Waals surface area contributed by atoms with Crippen molar-refractivity contribution >= 4 is 0 Å². The Balaban J connectivity index is 1.39. The van der Waals surface area contributed by atoms with Crippen LogP contribution in [0.2, 0.25) is 0 Å². The molecule has 4 rings (SSSR count). The minimum atomic E-state index is 0.129. The highest BCUT2D eigenvalue weighted by Gasteiger charge is 2.30. The number of pyridine rings is 1. The SMILES string of the molecule is CCn1cc([C@H]2OCC[C@@H]2CNCc2cccnc2-n2ccnc2)cn1. The number of rotatable bonds is 7. The van der Waals surface area contributed by atoms with Gasteiger partial charge in [-0.15, -0.1) is 0 Å². The van der Waals surface area contributed by atoms with E-state index in [0.717, 1.165) is 44.0 Å². The van der Waals surface area contributed by atoms with Crippen molar-refractivity contribution in [1.82, 2.24) is 29.6 Å². The largest absolute Gasteiger partial charge is 0.373 e. The zero-order valence-electron chi connectivity index (χ0n) is 15.0. The average molecular weight is 352 g/mol. The van der Waals surface area contributed by atoms with Crippen LogP contribution in [0.15, 0.2) is 49.4 Å². The second kappa shape index (κ2) is 7.80. The van der Waals surface area contributed by atoms with Gasteiger partial charge in [0.1, 0.15) is 12.1 Å². The van der Waals surface area contributed by atoms with Crippen LogP contribution in [-0.4, -0.2) is 37.5 Å². The summed E-state index contributed by atoms with van der Waals surface area (Å²) in [7, 11) is 0. The van der Waals surface area contributed by atoms with Crippen molar-refractivity contribution in [2.24, 2.45) is 5.92 Å². The number of ether oxygens (including phenoxy) is 1. The predicted octanol–water partition coefficient (Wildman–Crippen LogP) is 2.35. The molecule has 0 aromatic carbocycles. The van der Waals surface area contributed by atoms with Crippen molar-refractivity contribution < 1.29 is 4.74 Å². The van der Waals surface area contributed by atoms with Crippen LogP contribution in [0.1, 0.15) is 30.6 Å². The quantitative estimate of drug-likeness (QED) is 0.707. The summed E-state index contributed by atoms with van der Waals surface area (Å²) in [6, 6.07) is 4.07. The molecule has 1 N–H and O–H groups in total.